The van der Waals surface area contributed by atoms with E-state index in [2.05, 4.69) is 5.32 Å². The van der Waals surface area contributed by atoms with Gasteiger partial charge in [0.25, 0.3) is 0 Å². The van der Waals surface area contributed by atoms with Crippen LogP contribution in [0.25, 0.3) is 0 Å². The number of ketones is 1. The summed E-state index contributed by atoms with van der Waals surface area (Å²) in [5.41, 5.74) is 2.14. The summed E-state index contributed by atoms with van der Waals surface area (Å²) in [4.78, 5) is 11.5. The van der Waals surface area contributed by atoms with E-state index in [0.29, 0.717) is 11.8 Å². The van der Waals surface area contributed by atoms with Gasteiger partial charge in [-0.15, -0.1) is 0 Å². The molecule has 0 aliphatic heterocycles. The average molecular weight is 247 g/mol. The summed E-state index contributed by atoms with van der Waals surface area (Å²) in [5, 5.41) is 12.4. The molecule has 1 aliphatic carbocycles. The van der Waals surface area contributed by atoms with Crippen LogP contribution in [0, 0.1) is 5.41 Å². The summed E-state index contributed by atoms with van der Waals surface area (Å²) >= 11 is 0. The zero-order valence-electron chi connectivity index (χ0n) is 10.9. The number of benzene rings is 1. The summed E-state index contributed by atoms with van der Waals surface area (Å²) in [5.74, 6) is 0.181. The number of hydrogen-bond donors (Lipinski definition) is 2. The highest BCUT2D eigenvalue weighted by Gasteiger charge is 2.41. The third-order valence-electron chi connectivity index (χ3n) is 3.79. The molecule has 0 atom stereocenters. The molecule has 1 aromatic rings. The van der Waals surface area contributed by atoms with Gasteiger partial charge in [-0.05, 0) is 48.9 Å². The van der Waals surface area contributed by atoms with Crippen molar-refractivity contribution in [3.8, 4) is 0 Å². The Morgan fingerprint density at radius 1 is 1.33 bits per heavy atom. The third kappa shape index (κ3) is 3.10. The van der Waals surface area contributed by atoms with Crippen molar-refractivity contribution in [2.75, 3.05) is 18.5 Å². The lowest BCUT2D eigenvalue weighted by Gasteiger charge is -2.15. The van der Waals surface area contributed by atoms with Crippen molar-refractivity contribution >= 4 is 11.5 Å². The van der Waals surface area contributed by atoms with Gasteiger partial charge in [0.05, 0.1) is 0 Å². The van der Waals surface area contributed by atoms with E-state index in [9.17, 15) is 4.79 Å². The van der Waals surface area contributed by atoms with Crippen molar-refractivity contribution in [1.29, 1.82) is 0 Å². The first-order chi connectivity index (χ1) is 8.69. The molecular formula is C15H21NO2. The largest absolute Gasteiger partial charge is 0.396 e. The van der Waals surface area contributed by atoms with E-state index in [1.165, 1.54) is 12.8 Å². The molecule has 1 saturated carbocycles. The zero-order valence-corrected chi connectivity index (χ0v) is 10.9. The van der Waals surface area contributed by atoms with Gasteiger partial charge in [0.1, 0.15) is 0 Å². The maximum absolute atomic E-state index is 11.5. The third-order valence-corrected chi connectivity index (χ3v) is 3.79. The quantitative estimate of drug-likeness (QED) is 0.728. The lowest BCUT2D eigenvalue weighted by Crippen LogP contribution is -2.16. The lowest BCUT2D eigenvalue weighted by molar-refractivity contribution is 0.0988. The average Bonchev–Trinajstić information content (AvgIpc) is 3.17. The van der Waals surface area contributed by atoms with E-state index >= 15 is 0 Å². The monoisotopic (exact) mass is 247 g/mol. The van der Waals surface area contributed by atoms with Crippen LogP contribution < -0.4 is 5.32 Å². The number of aliphatic hydroxyl groups excluding tert-OH is 1. The molecule has 18 heavy (non-hydrogen) atoms. The first-order valence-electron chi connectivity index (χ1n) is 6.67. The predicted octanol–water partition coefficient (Wildman–Crippen LogP) is 2.85. The molecule has 3 nitrogen and oxygen atoms in total. The Labute approximate surface area is 108 Å². The molecule has 1 fully saturated rings. The first-order valence-corrected chi connectivity index (χ1v) is 6.67. The second-order valence-electron chi connectivity index (χ2n) is 5.18. The zero-order chi connectivity index (χ0) is 13.0. The van der Waals surface area contributed by atoms with Gasteiger partial charge >= 0.3 is 0 Å². The van der Waals surface area contributed by atoms with Crippen LogP contribution >= 0.6 is 0 Å². The van der Waals surface area contributed by atoms with Crippen LogP contribution in [0.2, 0.25) is 0 Å². The maximum atomic E-state index is 11.5. The molecule has 2 rings (SSSR count). The van der Waals surface area contributed by atoms with E-state index in [0.717, 1.165) is 24.2 Å². The molecular weight excluding hydrogens is 226 g/mol. The molecule has 3 heteroatoms. The number of carbonyl (C=O) groups excluding carboxylic acids is 1. The molecule has 0 heterocycles. The van der Waals surface area contributed by atoms with Gasteiger partial charge in [-0.2, -0.15) is 0 Å². The predicted molar refractivity (Wildman–Crippen MR) is 72.9 cm³/mol. The minimum absolute atomic E-state index is 0.181. The number of Topliss-reactive ketones (excluding diaryl/α,β-unsaturated/α-hetero) is 1. The molecule has 0 spiro atoms. The molecule has 0 unspecified atom stereocenters. The van der Waals surface area contributed by atoms with Gasteiger partial charge in [-0.25, -0.2) is 0 Å². The Bertz CT molecular complexity index is 407. The van der Waals surface area contributed by atoms with Gasteiger partial charge < -0.3 is 10.4 Å². The van der Waals surface area contributed by atoms with Gasteiger partial charge in [-0.1, -0.05) is 6.92 Å². The van der Waals surface area contributed by atoms with Crippen LogP contribution in [0.1, 0.15) is 43.0 Å². The van der Waals surface area contributed by atoms with Crippen LogP contribution in [-0.4, -0.2) is 24.0 Å². The SMILES string of the molecule is CCC(=O)c1ccc(NCC2(CCO)CC2)cc1. The lowest BCUT2D eigenvalue weighted by atomic mass is 10.0. The Kier molecular flexibility index (Phi) is 4.02. The highest BCUT2D eigenvalue weighted by molar-refractivity contribution is 5.96. The summed E-state index contributed by atoms with van der Waals surface area (Å²) < 4.78 is 0. The van der Waals surface area contributed by atoms with E-state index in [4.69, 9.17) is 5.11 Å². The summed E-state index contributed by atoms with van der Waals surface area (Å²) in [6.45, 7) is 3.06. The van der Waals surface area contributed by atoms with E-state index in [1.54, 1.807) is 0 Å². The van der Waals surface area contributed by atoms with Crippen molar-refractivity contribution in [3.63, 3.8) is 0 Å². The van der Waals surface area contributed by atoms with Crippen molar-refractivity contribution in [2.24, 2.45) is 5.41 Å². The normalized spacial score (nSPS) is 16.3. The minimum atomic E-state index is 0.181. The molecule has 0 radical (unpaired) electrons. The van der Waals surface area contributed by atoms with E-state index in [1.807, 2.05) is 31.2 Å². The van der Waals surface area contributed by atoms with E-state index in [-0.39, 0.29) is 12.4 Å². The summed E-state index contributed by atoms with van der Waals surface area (Å²) in [7, 11) is 0. The fraction of sp³-hybridized carbons (Fsp3) is 0.533. The van der Waals surface area contributed by atoms with Gasteiger partial charge in [0.2, 0.25) is 0 Å². The number of carbonyl (C=O) groups is 1. The van der Waals surface area contributed by atoms with Gasteiger partial charge in [-0.3, -0.25) is 4.79 Å². The standard InChI is InChI=1S/C15H21NO2/c1-2-14(18)12-3-5-13(6-4-12)16-11-15(7-8-15)9-10-17/h3-6,16-17H,2,7-11H2,1H3. The van der Waals surface area contributed by atoms with Crippen LogP contribution in [0.4, 0.5) is 5.69 Å². The molecule has 0 aromatic heterocycles. The first kappa shape index (κ1) is 13.1. The Balaban J connectivity index is 1.89. The Morgan fingerprint density at radius 3 is 2.50 bits per heavy atom. The van der Waals surface area contributed by atoms with E-state index < -0.39 is 0 Å². The molecule has 98 valence electrons. The van der Waals surface area contributed by atoms with Crippen molar-refractivity contribution in [2.45, 2.75) is 32.6 Å². The molecule has 0 amide bonds. The number of anilines is 1. The highest BCUT2D eigenvalue weighted by Crippen LogP contribution is 2.48. The highest BCUT2D eigenvalue weighted by atomic mass is 16.3. The number of rotatable bonds is 7. The van der Waals surface area contributed by atoms with Crippen LogP contribution in [0.3, 0.4) is 0 Å². The fourth-order valence-corrected chi connectivity index (χ4v) is 2.20. The van der Waals surface area contributed by atoms with Gasteiger partial charge in [0, 0.05) is 30.8 Å². The van der Waals surface area contributed by atoms with Crippen molar-refractivity contribution in [3.05, 3.63) is 29.8 Å². The van der Waals surface area contributed by atoms with Crippen LogP contribution in [-0.2, 0) is 0 Å². The molecule has 0 bridgehead atoms. The van der Waals surface area contributed by atoms with Crippen LogP contribution in [0.15, 0.2) is 24.3 Å². The topological polar surface area (TPSA) is 49.3 Å². The number of aliphatic hydroxyl groups is 1. The minimum Gasteiger partial charge on any atom is -0.396 e. The molecule has 1 aliphatic rings. The number of hydrogen-bond acceptors (Lipinski definition) is 3. The fourth-order valence-electron chi connectivity index (χ4n) is 2.20. The molecule has 1 aromatic carbocycles. The summed E-state index contributed by atoms with van der Waals surface area (Å²) in [6.07, 6.45) is 3.83. The molecule has 2 N–H and O–H groups in total. The smallest absolute Gasteiger partial charge is 0.162 e. The van der Waals surface area contributed by atoms with Crippen LogP contribution in [0.5, 0.6) is 0 Å². The second-order valence-corrected chi connectivity index (χ2v) is 5.18. The molecule has 0 saturated heterocycles. The van der Waals surface area contributed by atoms with Gasteiger partial charge in [0.15, 0.2) is 5.78 Å². The second kappa shape index (κ2) is 5.53. The van der Waals surface area contributed by atoms with Crippen molar-refractivity contribution in [1.82, 2.24) is 0 Å². The number of nitrogens with one attached hydrogen (secondary N) is 1. The Morgan fingerprint density at radius 2 is 2.00 bits per heavy atom. The Hall–Kier alpha value is -1.35. The van der Waals surface area contributed by atoms with Crippen molar-refractivity contribution < 1.29 is 9.90 Å². The maximum Gasteiger partial charge on any atom is 0.162 e. The summed E-state index contributed by atoms with van der Waals surface area (Å²) in [6, 6.07) is 7.66.